The van der Waals surface area contributed by atoms with Crippen molar-refractivity contribution < 1.29 is 0 Å². The molecule has 0 unspecified atom stereocenters. The summed E-state index contributed by atoms with van der Waals surface area (Å²) in [5.41, 5.74) is 1.62. The van der Waals surface area contributed by atoms with Crippen LogP contribution < -0.4 is 5.56 Å². The fourth-order valence-electron chi connectivity index (χ4n) is 1.88. The lowest BCUT2D eigenvalue weighted by Gasteiger charge is -2.05. The van der Waals surface area contributed by atoms with Gasteiger partial charge in [0.1, 0.15) is 5.82 Å². The lowest BCUT2D eigenvalue weighted by molar-refractivity contribution is 0.575. The Morgan fingerprint density at radius 3 is 2.89 bits per heavy atom. The average molecular weight is 242 g/mol. The van der Waals surface area contributed by atoms with Crippen molar-refractivity contribution in [3.63, 3.8) is 0 Å². The van der Waals surface area contributed by atoms with Crippen molar-refractivity contribution >= 4 is 17.0 Å². The van der Waals surface area contributed by atoms with Crippen LogP contribution in [0.2, 0.25) is 0 Å². The third-order valence-electron chi connectivity index (χ3n) is 2.97. The molecular weight excluding hydrogens is 224 g/mol. The Labute approximate surface area is 107 Å². The van der Waals surface area contributed by atoms with Crippen LogP contribution in [0, 0.1) is 5.92 Å². The van der Waals surface area contributed by atoms with E-state index in [1.807, 2.05) is 18.2 Å². The molecule has 0 spiro atoms. The SMILES string of the molecule is C=Cc1ccc2nc(CCC(C)C)[nH]c(=O)c2c1. The van der Waals surface area contributed by atoms with Gasteiger partial charge in [-0.1, -0.05) is 32.6 Å². The summed E-state index contributed by atoms with van der Waals surface area (Å²) >= 11 is 0. The molecule has 2 aromatic rings. The normalized spacial score (nSPS) is 11.1. The van der Waals surface area contributed by atoms with Gasteiger partial charge in [0.15, 0.2) is 0 Å². The first-order valence-corrected chi connectivity index (χ1v) is 6.25. The van der Waals surface area contributed by atoms with Crippen LogP contribution in [0.5, 0.6) is 0 Å². The van der Waals surface area contributed by atoms with E-state index in [4.69, 9.17) is 0 Å². The van der Waals surface area contributed by atoms with E-state index in [9.17, 15) is 4.79 Å². The quantitative estimate of drug-likeness (QED) is 0.895. The third-order valence-corrected chi connectivity index (χ3v) is 2.97. The number of fused-ring (bicyclic) bond motifs is 1. The van der Waals surface area contributed by atoms with Crippen LogP contribution in [0.3, 0.4) is 0 Å². The van der Waals surface area contributed by atoms with Gasteiger partial charge in [-0.15, -0.1) is 0 Å². The zero-order valence-electron chi connectivity index (χ0n) is 10.9. The summed E-state index contributed by atoms with van der Waals surface area (Å²) < 4.78 is 0. The molecule has 94 valence electrons. The van der Waals surface area contributed by atoms with Gasteiger partial charge >= 0.3 is 0 Å². The van der Waals surface area contributed by atoms with Crippen LogP contribution >= 0.6 is 0 Å². The molecule has 0 fully saturated rings. The van der Waals surface area contributed by atoms with Crippen molar-refractivity contribution in [2.24, 2.45) is 5.92 Å². The molecule has 0 bridgehead atoms. The predicted molar refractivity (Wildman–Crippen MR) is 75.6 cm³/mol. The molecule has 0 atom stereocenters. The Morgan fingerprint density at radius 2 is 2.22 bits per heavy atom. The maximum absolute atomic E-state index is 12.0. The number of hydrogen-bond acceptors (Lipinski definition) is 2. The third kappa shape index (κ3) is 2.67. The number of aryl methyl sites for hydroxylation is 1. The van der Waals surface area contributed by atoms with E-state index < -0.39 is 0 Å². The van der Waals surface area contributed by atoms with E-state index in [2.05, 4.69) is 30.4 Å². The topological polar surface area (TPSA) is 45.8 Å². The average Bonchev–Trinajstić information content (AvgIpc) is 2.36. The number of nitrogens with zero attached hydrogens (tertiary/aromatic N) is 1. The van der Waals surface area contributed by atoms with E-state index >= 15 is 0 Å². The van der Waals surface area contributed by atoms with Gasteiger partial charge in [-0.25, -0.2) is 4.98 Å². The van der Waals surface area contributed by atoms with Crippen molar-refractivity contribution in [1.29, 1.82) is 0 Å². The summed E-state index contributed by atoms with van der Waals surface area (Å²) in [5, 5.41) is 0.626. The molecule has 3 heteroatoms. The number of rotatable bonds is 4. The summed E-state index contributed by atoms with van der Waals surface area (Å²) in [4.78, 5) is 19.3. The molecule has 0 saturated carbocycles. The number of aromatic nitrogens is 2. The second-order valence-corrected chi connectivity index (χ2v) is 4.93. The standard InChI is InChI=1S/C15H18N2O/c1-4-11-6-7-13-12(9-11)15(18)17-14(16-13)8-5-10(2)3/h4,6-7,9-10H,1,5,8H2,2-3H3,(H,16,17,18). The predicted octanol–water partition coefficient (Wildman–Crippen LogP) is 3.15. The van der Waals surface area contributed by atoms with E-state index in [1.165, 1.54) is 0 Å². The fourth-order valence-corrected chi connectivity index (χ4v) is 1.88. The van der Waals surface area contributed by atoms with Gasteiger partial charge in [0, 0.05) is 6.42 Å². The number of benzene rings is 1. The second kappa shape index (κ2) is 5.17. The molecule has 0 amide bonds. The monoisotopic (exact) mass is 242 g/mol. The van der Waals surface area contributed by atoms with Crippen molar-refractivity contribution in [2.45, 2.75) is 26.7 Å². The van der Waals surface area contributed by atoms with Gasteiger partial charge in [-0.3, -0.25) is 4.79 Å². The van der Waals surface area contributed by atoms with Gasteiger partial charge < -0.3 is 4.98 Å². The van der Waals surface area contributed by atoms with Crippen LogP contribution in [0.15, 0.2) is 29.6 Å². The highest BCUT2D eigenvalue weighted by molar-refractivity contribution is 5.80. The van der Waals surface area contributed by atoms with Gasteiger partial charge in [0.05, 0.1) is 10.9 Å². The van der Waals surface area contributed by atoms with Crippen molar-refractivity contribution in [1.82, 2.24) is 9.97 Å². The number of nitrogens with one attached hydrogen (secondary N) is 1. The van der Waals surface area contributed by atoms with E-state index in [0.717, 1.165) is 29.7 Å². The minimum Gasteiger partial charge on any atom is -0.310 e. The first-order chi connectivity index (χ1) is 8.60. The first-order valence-electron chi connectivity index (χ1n) is 6.25. The Kier molecular flexibility index (Phi) is 3.60. The zero-order chi connectivity index (χ0) is 13.1. The summed E-state index contributed by atoms with van der Waals surface area (Å²) in [6, 6.07) is 5.62. The van der Waals surface area contributed by atoms with Gasteiger partial charge in [-0.2, -0.15) is 0 Å². The fraction of sp³-hybridized carbons (Fsp3) is 0.333. The van der Waals surface area contributed by atoms with Gasteiger partial charge in [-0.05, 0) is 30.0 Å². The van der Waals surface area contributed by atoms with Crippen LogP contribution in [0.4, 0.5) is 0 Å². The van der Waals surface area contributed by atoms with Crippen LogP contribution in [-0.4, -0.2) is 9.97 Å². The Bertz CT molecular complexity index is 626. The molecule has 2 rings (SSSR count). The smallest absolute Gasteiger partial charge is 0.258 e. The molecule has 0 saturated heterocycles. The number of hydrogen-bond donors (Lipinski definition) is 1. The lowest BCUT2D eigenvalue weighted by atomic mass is 10.1. The molecule has 1 heterocycles. The summed E-state index contributed by atoms with van der Waals surface area (Å²) in [6.45, 7) is 8.03. The highest BCUT2D eigenvalue weighted by atomic mass is 16.1. The number of aromatic amines is 1. The second-order valence-electron chi connectivity index (χ2n) is 4.93. The lowest BCUT2D eigenvalue weighted by Crippen LogP contribution is -2.12. The molecule has 0 aliphatic heterocycles. The number of H-pyrrole nitrogens is 1. The zero-order valence-corrected chi connectivity index (χ0v) is 10.9. The molecule has 0 aliphatic carbocycles. The van der Waals surface area contributed by atoms with Crippen LogP contribution in [0.1, 0.15) is 31.7 Å². The van der Waals surface area contributed by atoms with E-state index in [-0.39, 0.29) is 5.56 Å². The summed E-state index contributed by atoms with van der Waals surface area (Å²) in [7, 11) is 0. The van der Waals surface area contributed by atoms with Gasteiger partial charge in [0.25, 0.3) is 5.56 Å². The molecule has 18 heavy (non-hydrogen) atoms. The maximum Gasteiger partial charge on any atom is 0.258 e. The molecular formula is C15H18N2O. The molecule has 3 nitrogen and oxygen atoms in total. The first kappa shape index (κ1) is 12.6. The minimum atomic E-state index is -0.0672. The summed E-state index contributed by atoms with van der Waals surface area (Å²) in [5.74, 6) is 1.38. The van der Waals surface area contributed by atoms with Crippen molar-refractivity contribution in [3.05, 3.63) is 46.5 Å². The largest absolute Gasteiger partial charge is 0.310 e. The highest BCUT2D eigenvalue weighted by Gasteiger charge is 2.05. The summed E-state index contributed by atoms with van der Waals surface area (Å²) in [6.07, 6.45) is 3.57. The Hall–Kier alpha value is -1.90. The van der Waals surface area contributed by atoms with Crippen LogP contribution in [-0.2, 0) is 6.42 Å². The Balaban J connectivity index is 2.43. The van der Waals surface area contributed by atoms with E-state index in [0.29, 0.717) is 11.3 Å². The highest BCUT2D eigenvalue weighted by Crippen LogP contribution is 2.12. The molecule has 0 radical (unpaired) electrons. The van der Waals surface area contributed by atoms with Crippen molar-refractivity contribution in [2.75, 3.05) is 0 Å². The molecule has 1 N–H and O–H groups in total. The molecule has 0 aliphatic rings. The minimum absolute atomic E-state index is 0.0672. The van der Waals surface area contributed by atoms with Crippen molar-refractivity contribution in [3.8, 4) is 0 Å². The molecule has 1 aromatic heterocycles. The maximum atomic E-state index is 12.0. The Morgan fingerprint density at radius 1 is 1.44 bits per heavy atom. The van der Waals surface area contributed by atoms with Gasteiger partial charge in [0.2, 0.25) is 0 Å². The molecule has 1 aromatic carbocycles. The van der Waals surface area contributed by atoms with E-state index in [1.54, 1.807) is 6.08 Å². The van der Waals surface area contributed by atoms with Crippen LogP contribution in [0.25, 0.3) is 17.0 Å².